The largest absolute Gasteiger partial charge is 0.508 e. The molecule has 25 heavy (non-hydrogen) atoms. The second-order valence-electron chi connectivity index (χ2n) is 5.22. The van der Waals surface area contributed by atoms with E-state index < -0.39 is 17.7 Å². The molecule has 3 rings (SSSR count). The summed E-state index contributed by atoms with van der Waals surface area (Å²) >= 11 is 8.46. The first kappa shape index (κ1) is 17.2. The van der Waals surface area contributed by atoms with Crippen LogP contribution in [0.3, 0.4) is 0 Å². The van der Waals surface area contributed by atoms with Gasteiger partial charge in [-0.2, -0.15) is 0 Å². The molecule has 2 amide bonds. The van der Waals surface area contributed by atoms with E-state index >= 15 is 0 Å². The van der Waals surface area contributed by atoms with Crippen molar-refractivity contribution in [1.29, 1.82) is 0 Å². The molecule has 1 aliphatic heterocycles. The summed E-state index contributed by atoms with van der Waals surface area (Å²) in [5, 5.41) is 11.8. The average molecular weight is 418 g/mol. The van der Waals surface area contributed by atoms with Gasteiger partial charge in [-0.15, -0.1) is 0 Å². The smallest absolute Gasteiger partial charge is 0.251 e. The van der Waals surface area contributed by atoms with E-state index in [1.165, 1.54) is 23.2 Å². The maximum absolute atomic E-state index is 12.7. The summed E-state index contributed by atoms with van der Waals surface area (Å²) in [5.41, 5.74) is 1.07. The Kier molecular flexibility index (Phi) is 4.91. The number of halogens is 1. The molecule has 0 bridgehead atoms. The summed E-state index contributed by atoms with van der Waals surface area (Å²) in [4.78, 5) is 30.3. The molecule has 2 aromatic rings. The molecule has 0 aliphatic carbocycles. The number of aliphatic imine (C=N–C) groups is 1. The molecule has 0 spiro atoms. The molecule has 0 unspecified atom stereocenters. The van der Waals surface area contributed by atoms with Gasteiger partial charge < -0.3 is 10.4 Å². The number of thiocarbonyl (C=S) groups is 1. The number of phenols is 1. The van der Waals surface area contributed by atoms with Crippen molar-refractivity contribution in [2.24, 2.45) is 10.9 Å². The molecule has 1 saturated heterocycles. The first-order valence-corrected chi connectivity index (χ1v) is 8.43. The van der Waals surface area contributed by atoms with E-state index in [0.29, 0.717) is 11.4 Å². The third-order valence-electron chi connectivity index (χ3n) is 3.51. The van der Waals surface area contributed by atoms with Gasteiger partial charge in [-0.1, -0.05) is 15.9 Å². The fourth-order valence-electron chi connectivity index (χ4n) is 2.26. The number of phenolic OH excluding ortho intramolecular Hbond substituents is 1. The predicted octanol–water partition coefficient (Wildman–Crippen LogP) is 2.92. The van der Waals surface area contributed by atoms with Crippen LogP contribution in [-0.4, -0.2) is 28.2 Å². The quantitative estimate of drug-likeness (QED) is 0.456. The molecule has 1 fully saturated rings. The monoisotopic (exact) mass is 417 g/mol. The Labute approximate surface area is 157 Å². The van der Waals surface area contributed by atoms with E-state index in [2.05, 4.69) is 26.2 Å². The van der Waals surface area contributed by atoms with Gasteiger partial charge in [0.05, 0.1) is 11.4 Å². The second kappa shape index (κ2) is 7.12. The van der Waals surface area contributed by atoms with E-state index in [-0.39, 0.29) is 10.9 Å². The predicted molar refractivity (Wildman–Crippen MR) is 102 cm³/mol. The number of benzene rings is 2. The highest BCUT2D eigenvalue weighted by Crippen LogP contribution is 2.23. The number of rotatable bonds is 3. The molecule has 1 heterocycles. The summed E-state index contributed by atoms with van der Waals surface area (Å²) in [5.74, 6) is -1.98. The maximum atomic E-state index is 12.7. The van der Waals surface area contributed by atoms with Gasteiger partial charge in [-0.3, -0.25) is 19.5 Å². The number of aromatic hydroxyl groups is 1. The Balaban J connectivity index is 1.87. The fraction of sp³-hybridized carbons (Fsp3) is 0.0588. The lowest BCUT2D eigenvalue weighted by atomic mass is 10.1. The van der Waals surface area contributed by atoms with Crippen LogP contribution in [0.25, 0.3) is 0 Å². The van der Waals surface area contributed by atoms with Crippen LogP contribution in [0.4, 0.5) is 11.4 Å². The van der Waals surface area contributed by atoms with Gasteiger partial charge in [0.15, 0.2) is 11.0 Å². The van der Waals surface area contributed by atoms with Gasteiger partial charge in [-0.05, 0) is 60.7 Å². The fourth-order valence-corrected chi connectivity index (χ4v) is 2.82. The second-order valence-corrected chi connectivity index (χ2v) is 6.52. The highest BCUT2D eigenvalue weighted by molar-refractivity contribution is 9.10. The Hall–Kier alpha value is -2.58. The molecule has 0 aromatic heterocycles. The zero-order valence-corrected chi connectivity index (χ0v) is 15.1. The lowest BCUT2D eigenvalue weighted by Gasteiger charge is -2.30. The number of carbonyl (C=O) groups excluding carboxylic acids is 2. The molecule has 126 valence electrons. The van der Waals surface area contributed by atoms with Crippen LogP contribution >= 0.6 is 28.1 Å². The Morgan fingerprint density at radius 2 is 1.76 bits per heavy atom. The number of nitrogens with one attached hydrogen (secondary N) is 1. The number of amides is 2. The topological polar surface area (TPSA) is 82.0 Å². The minimum absolute atomic E-state index is 0.0339. The van der Waals surface area contributed by atoms with Crippen LogP contribution in [0.1, 0.15) is 0 Å². The lowest BCUT2D eigenvalue weighted by Crippen LogP contribution is -2.58. The third kappa shape index (κ3) is 3.75. The Morgan fingerprint density at radius 1 is 1.12 bits per heavy atom. The van der Waals surface area contributed by atoms with Gasteiger partial charge >= 0.3 is 0 Å². The molecule has 0 radical (unpaired) electrons. The summed E-state index contributed by atoms with van der Waals surface area (Å²) in [6, 6.07) is 13.1. The van der Waals surface area contributed by atoms with E-state index in [0.717, 1.165) is 4.47 Å². The van der Waals surface area contributed by atoms with Crippen LogP contribution < -0.4 is 10.2 Å². The number of carbonyl (C=O) groups is 2. The van der Waals surface area contributed by atoms with E-state index in [4.69, 9.17) is 12.2 Å². The summed E-state index contributed by atoms with van der Waals surface area (Å²) in [6.07, 6.45) is 1.28. The standard InChI is InChI=1S/C17H12BrN3O3S/c18-10-1-5-12(6-2-10)21-16(24)14(15(23)20-17(21)25)9-19-11-3-7-13(22)8-4-11/h1-9,14,22H,(H,20,23,25)/t14-/m1/s1. The SMILES string of the molecule is O=C1NC(=S)N(c2ccc(Br)cc2)C(=O)[C@@H]1C=Nc1ccc(O)cc1. The molecule has 8 heteroatoms. The van der Waals surface area contributed by atoms with Gasteiger partial charge in [0.25, 0.3) is 5.91 Å². The number of anilines is 1. The van der Waals surface area contributed by atoms with Gasteiger partial charge in [0, 0.05) is 10.7 Å². The van der Waals surface area contributed by atoms with E-state index in [1.54, 1.807) is 36.4 Å². The molecule has 2 N–H and O–H groups in total. The van der Waals surface area contributed by atoms with Crippen LogP contribution in [0.5, 0.6) is 5.75 Å². The average Bonchev–Trinajstić information content (AvgIpc) is 2.57. The van der Waals surface area contributed by atoms with Crippen LogP contribution in [-0.2, 0) is 9.59 Å². The molecule has 1 aliphatic rings. The van der Waals surface area contributed by atoms with Crippen molar-refractivity contribution in [3.8, 4) is 5.75 Å². The lowest BCUT2D eigenvalue weighted by molar-refractivity contribution is -0.130. The van der Waals surface area contributed by atoms with Gasteiger partial charge in [0.1, 0.15) is 5.75 Å². The summed E-state index contributed by atoms with van der Waals surface area (Å²) in [7, 11) is 0. The minimum atomic E-state index is -1.09. The molecule has 6 nitrogen and oxygen atoms in total. The van der Waals surface area contributed by atoms with Crippen LogP contribution in [0.15, 0.2) is 58.0 Å². The van der Waals surface area contributed by atoms with Crippen LogP contribution in [0, 0.1) is 5.92 Å². The normalized spacial score (nSPS) is 17.9. The Bertz CT molecular complexity index is 866. The van der Waals surface area contributed by atoms with Crippen molar-refractivity contribution in [1.82, 2.24) is 5.32 Å². The molecular formula is C17H12BrN3O3S. The van der Waals surface area contributed by atoms with E-state index in [9.17, 15) is 14.7 Å². The number of hydrogen-bond acceptors (Lipinski definition) is 5. The zero-order valence-electron chi connectivity index (χ0n) is 12.7. The summed E-state index contributed by atoms with van der Waals surface area (Å²) < 4.78 is 0.862. The van der Waals surface area contributed by atoms with Gasteiger partial charge in [-0.25, -0.2) is 0 Å². The van der Waals surface area contributed by atoms with Crippen LogP contribution in [0.2, 0.25) is 0 Å². The molecule has 1 atom stereocenters. The van der Waals surface area contributed by atoms with Crippen molar-refractivity contribution in [2.45, 2.75) is 0 Å². The number of nitrogens with zero attached hydrogens (tertiary/aromatic N) is 2. The molecule has 2 aromatic carbocycles. The zero-order chi connectivity index (χ0) is 18.0. The highest BCUT2D eigenvalue weighted by Gasteiger charge is 2.38. The van der Waals surface area contributed by atoms with Crippen molar-refractivity contribution < 1.29 is 14.7 Å². The first-order chi connectivity index (χ1) is 12.0. The minimum Gasteiger partial charge on any atom is -0.508 e. The molecule has 0 saturated carbocycles. The maximum Gasteiger partial charge on any atom is 0.251 e. The highest BCUT2D eigenvalue weighted by atomic mass is 79.9. The van der Waals surface area contributed by atoms with E-state index in [1.807, 2.05) is 0 Å². The van der Waals surface area contributed by atoms with Crippen molar-refractivity contribution in [3.63, 3.8) is 0 Å². The van der Waals surface area contributed by atoms with Crippen molar-refractivity contribution in [3.05, 3.63) is 53.0 Å². The van der Waals surface area contributed by atoms with Crippen molar-refractivity contribution >= 4 is 62.7 Å². The number of hydrogen-bond donors (Lipinski definition) is 2. The van der Waals surface area contributed by atoms with Gasteiger partial charge in [0.2, 0.25) is 5.91 Å². The molecular weight excluding hydrogens is 406 g/mol. The third-order valence-corrected chi connectivity index (χ3v) is 4.32. The van der Waals surface area contributed by atoms with Crippen molar-refractivity contribution in [2.75, 3.05) is 4.90 Å². The first-order valence-electron chi connectivity index (χ1n) is 7.23. The Morgan fingerprint density at radius 3 is 2.40 bits per heavy atom. The summed E-state index contributed by atoms with van der Waals surface area (Å²) in [6.45, 7) is 0.